The van der Waals surface area contributed by atoms with E-state index in [0.29, 0.717) is 25.5 Å². The molecule has 0 aromatic heterocycles. The zero-order chi connectivity index (χ0) is 31.5. The molecule has 1 saturated carbocycles. The van der Waals surface area contributed by atoms with Crippen LogP contribution in [0.4, 0.5) is 0 Å². The van der Waals surface area contributed by atoms with Crippen molar-refractivity contribution in [2.24, 2.45) is 11.8 Å². The van der Waals surface area contributed by atoms with Crippen LogP contribution in [-0.4, -0.2) is 55.9 Å². The van der Waals surface area contributed by atoms with E-state index in [1.54, 1.807) is 0 Å². The fourth-order valence-corrected chi connectivity index (χ4v) is 5.79. The molecule has 1 aliphatic rings. The van der Waals surface area contributed by atoms with Gasteiger partial charge in [0.25, 0.3) is 0 Å². The molecule has 1 aromatic rings. The molecule has 244 valence electrons. The van der Waals surface area contributed by atoms with Crippen molar-refractivity contribution in [3.63, 3.8) is 0 Å². The minimum Gasteiger partial charge on any atom is -0.375 e. The van der Waals surface area contributed by atoms with Crippen LogP contribution in [-0.2, 0) is 30.2 Å². The fourth-order valence-electron chi connectivity index (χ4n) is 5.79. The number of hydrogen-bond acceptors (Lipinski definition) is 5. The summed E-state index contributed by atoms with van der Waals surface area (Å²) in [5, 5.41) is 2.88. The highest BCUT2D eigenvalue weighted by atomic mass is 16.7. The molecule has 1 amide bonds. The Morgan fingerprint density at radius 3 is 2.37 bits per heavy atom. The maximum Gasteiger partial charge on any atom is 0.219 e. The topological polar surface area (TPSA) is 66.0 Å². The molecule has 1 N–H and O–H groups in total. The average molecular weight is 600 g/mol. The summed E-state index contributed by atoms with van der Waals surface area (Å²) in [6.45, 7) is 16.0. The molecule has 1 fully saturated rings. The average Bonchev–Trinajstić information content (AvgIpc) is 3.26. The third-order valence-corrected chi connectivity index (χ3v) is 7.81. The fraction of sp³-hybridized carbons (Fsp3) is 0.703. The van der Waals surface area contributed by atoms with E-state index < -0.39 is 0 Å². The van der Waals surface area contributed by atoms with Gasteiger partial charge >= 0.3 is 0 Å². The van der Waals surface area contributed by atoms with Gasteiger partial charge in [0, 0.05) is 31.9 Å². The van der Waals surface area contributed by atoms with Gasteiger partial charge in [0.1, 0.15) is 0 Å². The molecule has 6 heteroatoms. The number of carbonyl (C=O) groups excluding carboxylic acids is 1. The van der Waals surface area contributed by atoms with E-state index in [-0.39, 0.29) is 48.6 Å². The first-order chi connectivity index (χ1) is 20.7. The van der Waals surface area contributed by atoms with Crippen LogP contribution < -0.4 is 5.32 Å². The first kappa shape index (κ1) is 37.2. The Labute approximate surface area is 263 Å². The van der Waals surface area contributed by atoms with Crippen LogP contribution in [0.5, 0.6) is 0 Å². The van der Waals surface area contributed by atoms with Gasteiger partial charge in [0.2, 0.25) is 5.91 Å². The summed E-state index contributed by atoms with van der Waals surface area (Å²) in [7, 11) is 0. The van der Waals surface area contributed by atoms with E-state index in [9.17, 15) is 4.79 Å². The Morgan fingerprint density at radius 1 is 0.977 bits per heavy atom. The molecule has 0 radical (unpaired) electrons. The molecule has 6 atom stereocenters. The van der Waals surface area contributed by atoms with E-state index in [0.717, 1.165) is 51.4 Å². The van der Waals surface area contributed by atoms with Gasteiger partial charge in [-0.05, 0) is 91.5 Å². The van der Waals surface area contributed by atoms with Gasteiger partial charge in [-0.1, -0.05) is 68.0 Å². The lowest BCUT2D eigenvalue weighted by Gasteiger charge is -2.26. The van der Waals surface area contributed by atoms with Crippen molar-refractivity contribution in [1.29, 1.82) is 0 Å². The zero-order valence-electron chi connectivity index (χ0n) is 28.1. The first-order valence-corrected chi connectivity index (χ1v) is 16.9. The molecule has 6 nitrogen and oxygen atoms in total. The lowest BCUT2D eigenvalue weighted by atomic mass is 9.89. The molecular weight excluding hydrogens is 538 g/mol. The van der Waals surface area contributed by atoms with Crippen molar-refractivity contribution >= 4 is 5.91 Å². The van der Waals surface area contributed by atoms with Crippen LogP contribution >= 0.6 is 0 Å². The molecule has 0 saturated heterocycles. The van der Waals surface area contributed by atoms with Crippen LogP contribution in [0.3, 0.4) is 0 Å². The molecule has 0 spiro atoms. The second-order valence-electron chi connectivity index (χ2n) is 12.4. The molecule has 0 aliphatic heterocycles. The summed E-state index contributed by atoms with van der Waals surface area (Å²) in [5.41, 5.74) is 1.31. The lowest BCUT2D eigenvalue weighted by molar-refractivity contribution is -0.150. The number of amides is 1. The largest absolute Gasteiger partial charge is 0.375 e. The van der Waals surface area contributed by atoms with Gasteiger partial charge in [-0.15, -0.1) is 0 Å². The highest BCUT2D eigenvalue weighted by Crippen LogP contribution is 2.41. The number of nitrogens with one attached hydrogen (secondary N) is 1. The number of allylic oxidation sites excluding steroid dienone is 2. The lowest BCUT2D eigenvalue weighted by Crippen LogP contribution is -2.27. The van der Waals surface area contributed by atoms with Gasteiger partial charge in [-0.3, -0.25) is 4.79 Å². The van der Waals surface area contributed by atoms with Gasteiger partial charge in [0.05, 0.1) is 30.5 Å². The van der Waals surface area contributed by atoms with Crippen LogP contribution in [0.2, 0.25) is 0 Å². The molecule has 1 unspecified atom stereocenters. The predicted octanol–water partition coefficient (Wildman–Crippen LogP) is 8.20. The molecule has 2 rings (SSSR count). The SMILES string of the molecule is CCCCOC(C)O[C@H](/C=C/[C@@H]1[C@@H](C/C=C\CCCC(=O)NCC)[C@@H](OC(C)C)C[C@H]1OC(C)C)CCc1ccccc1. The standard InChI is InChI=1S/C37H61NO5/c1-8-10-26-40-30(7)43-32(23-22-31-18-14-13-15-19-31)24-25-34-33(20-16-11-12-17-21-37(39)38-9-2)35(41-28(3)4)27-36(34)42-29(5)6/h11,13-16,18-19,24-25,28-30,32-36H,8-10,12,17,20-23,26-27H2,1-7H3,(H,38,39)/b16-11-,25-24+/t30?,32-,33+,34+,35-,36+/m0/s1. The molecule has 0 heterocycles. The van der Waals surface area contributed by atoms with Crippen molar-refractivity contribution in [1.82, 2.24) is 5.32 Å². The maximum absolute atomic E-state index is 11.8. The zero-order valence-corrected chi connectivity index (χ0v) is 28.1. The number of unbranched alkanes of at least 4 members (excludes halogenated alkanes) is 2. The van der Waals surface area contributed by atoms with E-state index in [4.69, 9.17) is 18.9 Å². The van der Waals surface area contributed by atoms with E-state index >= 15 is 0 Å². The number of rotatable bonds is 22. The maximum atomic E-state index is 11.8. The van der Waals surface area contributed by atoms with E-state index in [1.165, 1.54) is 5.56 Å². The van der Waals surface area contributed by atoms with Crippen molar-refractivity contribution in [3.8, 4) is 0 Å². The first-order valence-electron chi connectivity index (χ1n) is 16.9. The Balaban J connectivity index is 2.20. The highest BCUT2D eigenvalue weighted by molar-refractivity contribution is 5.75. The minimum absolute atomic E-state index is 0.0629. The third kappa shape index (κ3) is 15.5. The van der Waals surface area contributed by atoms with Gasteiger partial charge < -0.3 is 24.3 Å². The second kappa shape index (κ2) is 21.7. The Hall–Kier alpha value is -1.99. The van der Waals surface area contributed by atoms with Crippen molar-refractivity contribution in [3.05, 3.63) is 60.2 Å². The molecule has 0 bridgehead atoms. The number of carbonyl (C=O) groups is 1. The number of benzene rings is 1. The Morgan fingerprint density at radius 2 is 1.70 bits per heavy atom. The summed E-state index contributed by atoms with van der Waals surface area (Å²) in [6, 6.07) is 10.6. The Bertz CT molecular complexity index is 915. The minimum atomic E-state index is -0.265. The molecule has 43 heavy (non-hydrogen) atoms. The van der Waals surface area contributed by atoms with Gasteiger partial charge in [0.15, 0.2) is 6.29 Å². The summed E-state index contributed by atoms with van der Waals surface area (Å²) in [5.74, 6) is 0.644. The van der Waals surface area contributed by atoms with Gasteiger partial charge in [-0.2, -0.15) is 0 Å². The predicted molar refractivity (Wildman–Crippen MR) is 177 cm³/mol. The molecule has 1 aromatic carbocycles. The van der Waals surface area contributed by atoms with E-state index in [1.807, 2.05) is 13.8 Å². The van der Waals surface area contributed by atoms with Crippen LogP contribution in [0, 0.1) is 11.8 Å². The monoisotopic (exact) mass is 599 g/mol. The summed E-state index contributed by atoms with van der Waals surface area (Å²) >= 11 is 0. The third-order valence-electron chi connectivity index (χ3n) is 7.81. The number of aryl methyl sites for hydroxylation is 1. The highest BCUT2D eigenvalue weighted by Gasteiger charge is 2.43. The molecular formula is C37H61NO5. The number of hydrogen-bond donors (Lipinski definition) is 1. The summed E-state index contributed by atoms with van der Waals surface area (Å²) in [6.07, 6.45) is 17.4. The molecule has 1 aliphatic carbocycles. The normalized spacial score (nSPS) is 22.3. The number of ether oxygens (including phenoxy) is 4. The summed E-state index contributed by atoms with van der Waals surface area (Å²) < 4.78 is 25.4. The van der Waals surface area contributed by atoms with Crippen LogP contribution in [0.25, 0.3) is 0 Å². The van der Waals surface area contributed by atoms with E-state index in [2.05, 4.69) is 94.6 Å². The van der Waals surface area contributed by atoms with Crippen molar-refractivity contribution in [2.75, 3.05) is 13.2 Å². The van der Waals surface area contributed by atoms with Crippen LogP contribution in [0.1, 0.15) is 105 Å². The Kier molecular flexibility index (Phi) is 18.7. The van der Waals surface area contributed by atoms with Gasteiger partial charge in [-0.25, -0.2) is 0 Å². The quantitative estimate of drug-likeness (QED) is 0.0827. The van der Waals surface area contributed by atoms with Crippen molar-refractivity contribution in [2.45, 2.75) is 143 Å². The summed E-state index contributed by atoms with van der Waals surface area (Å²) in [4.78, 5) is 11.8. The second-order valence-corrected chi connectivity index (χ2v) is 12.4. The smallest absolute Gasteiger partial charge is 0.219 e. The van der Waals surface area contributed by atoms with Crippen molar-refractivity contribution < 1.29 is 23.7 Å². The van der Waals surface area contributed by atoms with Crippen LogP contribution in [0.15, 0.2) is 54.6 Å².